The Kier molecular flexibility index (Phi) is 3.35. The van der Waals surface area contributed by atoms with Crippen LogP contribution < -0.4 is 5.32 Å². The molecule has 0 radical (unpaired) electrons. The molecule has 1 aromatic heterocycles. The number of halogens is 1. The summed E-state index contributed by atoms with van der Waals surface area (Å²) in [6.45, 7) is 1.69. The third-order valence-corrected chi connectivity index (χ3v) is 4.45. The van der Waals surface area contributed by atoms with Crippen molar-refractivity contribution in [1.29, 1.82) is 0 Å². The van der Waals surface area contributed by atoms with E-state index in [1.165, 1.54) is 12.1 Å². The second-order valence-electron chi connectivity index (χ2n) is 6.22. The van der Waals surface area contributed by atoms with Gasteiger partial charge in [0.1, 0.15) is 17.2 Å². The van der Waals surface area contributed by atoms with Crippen molar-refractivity contribution in [1.82, 2.24) is 10.2 Å². The van der Waals surface area contributed by atoms with Crippen LogP contribution in [0.15, 0.2) is 59.0 Å². The summed E-state index contributed by atoms with van der Waals surface area (Å²) in [7, 11) is 0. The highest BCUT2D eigenvalue weighted by atomic mass is 19.1. The number of carbonyl (C=O) groups excluding carboxylic acids is 2. The molecule has 2 heterocycles. The monoisotopic (exact) mass is 338 g/mol. The van der Waals surface area contributed by atoms with Crippen LogP contribution in [0.1, 0.15) is 18.2 Å². The molecule has 1 aliphatic rings. The summed E-state index contributed by atoms with van der Waals surface area (Å²) in [5.41, 5.74) is 0.0485. The molecule has 1 fully saturated rings. The minimum Gasteiger partial charge on any atom is -0.458 e. The number of nitrogens with zero attached hydrogens (tertiary/aromatic N) is 1. The van der Waals surface area contributed by atoms with Crippen molar-refractivity contribution >= 4 is 22.9 Å². The number of amides is 3. The number of imide groups is 1. The number of para-hydroxylation sites is 1. The molecule has 0 saturated carbocycles. The predicted octanol–water partition coefficient (Wildman–Crippen LogP) is 3.54. The summed E-state index contributed by atoms with van der Waals surface area (Å²) in [4.78, 5) is 26.3. The molecule has 25 heavy (non-hydrogen) atoms. The summed E-state index contributed by atoms with van der Waals surface area (Å²) < 4.78 is 18.8. The first-order valence-electron chi connectivity index (χ1n) is 7.85. The van der Waals surface area contributed by atoms with Crippen molar-refractivity contribution in [3.63, 3.8) is 0 Å². The predicted molar refractivity (Wildman–Crippen MR) is 89.0 cm³/mol. The zero-order valence-corrected chi connectivity index (χ0v) is 13.5. The van der Waals surface area contributed by atoms with Gasteiger partial charge in [0.2, 0.25) is 0 Å². The van der Waals surface area contributed by atoms with Gasteiger partial charge in [0.25, 0.3) is 5.91 Å². The first-order valence-corrected chi connectivity index (χ1v) is 7.85. The number of rotatable bonds is 3. The van der Waals surface area contributed by atoms with Gasteiger partial charge in [0.15, 0.2) is 5.54 Å². The molecular formula is C19H15FN2O3. The van der Waals surface area contributed by atoms with Crippen LogP contribution in [0.2, 0.25) is 0 Å². The number of carbonyl (C=O) groups is 2. The summed E-state index contributed by atoms with van der Waals surface area (Å²) in [5, 5.41) is 3.57. The molecule has 0 spiro atoms. The molecule has 126 valence electrons. The van der Waals surface area contributed by atoms with Crippen molar-refractivity contribution in [3.05, 3.63) is 71.7 Å². The van der Waals surface area contributed by atoms with Crippen molar-refractivity contribution in [2.24, 2.45) is 0 Å². The topological polar surface area (TPSA) is 62.6 Å². The first kappa shape index (κ1) is 15.4. The van der Waals surface area contributed by atoms with Crippen LogP contribution in [-0.4, -0.2) is 16.8 Å². The number of nitrogens with one attached hydrogen (secondary N) is 1. The zero-order chi connectivity index (χ0) is 17.6. The van der Waals surface area contributed by atoms with Crippen molar-refractivity contribution in [2.45, 2.75) is 19.0 Å². The maximum atomic E-state index is 13.0. The van der Waals surface area contributed by atoms with Crippen molar-refractivity contribution < 1.29 is 18.4 Å². The molecule has 3 amide bonds. The molecule has 5 nitrogen and oxygen atoms in total. The van der Waals surface area contributed by atoms with E-state index in [0.717, 1.165) is 10.3 Å². The Bertz CT molecular complexity index is 947. The highest BCUT2D eigenvalue weighted by molar-refractivity contribution is 6.07. The number of furan rings is 1. The maximum absolute atomic E-state index is 13.0. The molecule has 1 atom stereocenters. The molecule has 6 heteroatoms. The van der Waals surface area contributed by atoms with E-state index in [1.807, 2.05) is 18.2 Å². The molecule has 2 aromatic carbocycles. The van der Waals surface area contributed by atoms with Crippen molar-refractivity contribution in [3.8, 4) is 0 Å². The van der Waals surface area contributed by atoms with Crippen LogP contribution in [0, 0.1) is 5.82 Å². The van der Waals surface area contributed by atoms with Gasteiger partial charge in [0, 0.05) is 5.39 Å². The summed E-state index contributed by atoms with van der Waals surface area (Å²) in [5.74, 6) is -0.386. The molecule has 0 bridgehead atoms. The average molecular weight is 338 g/mol. The smallest absolute Gasteiger partial charge is 0.325 e. The average Bonchev–Trinajstić information content (AvgIpc) is 3.13. The van der Waals surface area contributed by atoms with E-state index in [-0.39, 0.29) is 12.4 Å². The van der Waals surface area contributed by atoms with E-state index in [2.05, 4.69) is 5.32 Å². The first-order chi connectivity index (χ1) is 12.0. The van der Waals surface area contributed by atoms with Gasteiger partial charge < -0.3 is 9.73 Å². The lowest BCUT2D eigenvalue weighted by Gasteiger charge is -2.19. The van der Waals surface area contributed by atoms with Crippen LogP contribution >= 0.6 is 0 Å². The number of hydrogen-bond donors (Lipinski definition) is 1. The van der Waals surface area contributed by atoms with E-state index in [9.17, 15) is 14.0 Å². The minimum absolute atomic E-state index is 0.0702. The van der Waals surface area contributed by atoms with E-state index >= 15 is 0 Å². The highest BCUT2D eigenvalue weighted by Crippen LogP contribution is 2.33. The Morgan fingerprint density at radius 3 is 2.56 bits per heavy atom. The van der Waals surface area contributed by atoms with E-state index in [0.29, 0.717) is 16.9 Å². The second kappa shape index (κ2) is 5.44. The SMILES string of the molecule is CC1(c2cc3ccccc3o2)NC(=O)N(Cc2ccc(F)cc2)C1=O. The van der Waals surface area contributed by atoms with Gasteiger partial charge in [-0.2, -0.15) is 0 Å². The van der Waals surface area contributed by atoms with E-state index in [4.69, 9.17) is 4.42 Å². The third-order valence-electron chi connectivity index (χ3n) is 4.45. The van der Waals surface area contributed by atoms with Gasteiger partial charge in [0.05, 0.1) is 6.54 Å². The number of hydrogen-bond acceptors (Lipinski definition) is 3. The standard InChI is InChI=1S/C19H15FN2O3/c1-19(16-10-13-4-2-3-5-15(13)25-16)17(23)22(18(24)21-19)11-12-6-8-14(20)9-7-12/h2-10H,11H2,1H3,(H,21,24). The third kappa shape index (κ3) is 2.46. The van der Waals surface area contributed by atoms with Gasteiger partial charge in [-0.25, -0.2) is 9.18 Å². The second-order valence-corrected chi connectivity index (χ2v) is 6.22. The van der Waals surface area contributed by atoms with Gasteiger partial charge >= 0.3 is 6.03 Å². The summed E-state index contributed by atoms with van der Waals surface area (Å²) in [6, 6.07) is 14.3. The van der Waals surface area contributed by atoms with Gasteiger partial charge in [-0.3, -0.25) is 9.69 Å². The fourth-order valence-electron chi connectivity index (χ4n) is 3.01. The van der Waals surface area contributed by atoms with Crippen LogP contribution in [-0.2, 0) is 16.9 Å². The number of urea groups is 1. The summed E-state index contributed by atoms with van der Waals surface area (Å²) >= 11 is 0. The van der Waals surface area contributed by atoms with Crippen molar-refractivity contribution in [2.75, 3.05) is 0 Å². The molecule has 1 aliphatic heterocycles. The number of fused-ring (bicyclic) bond motifs is 1. The lowest BCUT2D eigenvalue weighted by molar-refractivity contribution is -0.132. The normalized spacial score (nSPS) is 20.3. The summed E-state index contributed by atoms with van der Waals surface area (Å²) in [6.07, 6.45) is 0. The molecule has 1 saturated heterocycles. The lowest BCUT2D eigenvalue weighted by atomic mass is 9.98. The Labute approximate surface area is 143 Å². The molecular weight excluding hydrogens is 323 g/mol. The highest BCUT2D eigenvalue weighted by Gasteiger charge is 2.51. The Balaban J connectivity index is 1.66. The largest absolute Gasteiger partial charge is 0.458 e. The maximum Gasteiger partial charge on any atom is 0.325 e. The Morgan fingerprint density at radius 2 is 1.84 bits per heavy atom. The molecule has 4 rings (SSSR count). The Hall–Kier alpha value is -3.15. The van der Waals surface area contributed by atoms with Crippen LogP contribution in [0.4, 0.5) is 9.18 Å². The van der Waals surface area contributed by atoms with Gasteiger partial charge in [-0.05, 0) is 36.8 Å². The molecule has 1 unspecified atom stereocenters. The fraction of sp³-hybridized carbons (Fsp3) is 0.158. The van der Waals surface area contributed by atoms with Crippen LogP contribution in [0.5, 0.6) is 0 Å². The van der Waals surface area contributed by atoms with Gasteiger partial charge in [-0.1, -0.05) is 30.3 Å². The lowest BCUT2D eigenvalue weighted by Crippen LogP contribution is -2.40. The molecule has 1 N–H and O–H groups in total. The zero-order valence-electron chi connectivity index (χ0n) is 13.5. The fourth-order valence-corrected chi connectivity index (χ4v) is 3.01. The van der Waals surface area contributed by atoms with E-state index in [1.54, 1.807) is 31.2 Å². The molecule has 0 aliphatic carbocycles. The quantitative estimate of drug-likeness (QED) is 0.743. The number of benzene rings is 2. The van der Waals surface area contributed by atoms with Crippen LogP contribution in [0.25, 0.3) is 11.0 Å². The van der Waals surface area contributed by atoms with E-state index < -0.39 is 17.5 Å². The van der Waals surface area contributed by atoms with Gasteiger partial charge in [-0.15, -0.1) is 0 Å². The Morgan fingerprint density at radius 1 is 1.12 bits per heavy atom. The minimum atomic E-state index is -1.27. The van der Waals surface area contributed by atoms with Crippen LogP contribution in [0.3, 0.4) is 0 Å². The molecule has 3 aromatic rings.